The minimum Gasteiger partial charge on any atom is -0.454 e. The Balaban J connectivity index is 2.13. The van der Waals surface area contributed by atoms with E-state index in [1.807, 2.05) is 30.3 Å². The van der Waals surface area contributed by atoms with Gasteiger partial charge < -0.3 is 4.74 Å². The van der Waals surface area contributed by atoms with E-state index in [2.05, 4.69) is 20.1 Å². The van der Waals surface area contributed by atoms with Crippen molar-refractivity contribution in [3.05, 3.63) is 54.6 Å². The van der Waals surface area contributed by atoms with Crippen LogP contribution in [0.4, 0.5) is 0 Å². The first-order valence-electron chi connectivity index (χ1n) is 12.8. The lowest BCUT2D eigenvalue weighted by Crippen LogP contribution is -2.10. The Kier molecular flexibility index (Phi) is 16.6. The summed E-state index contributed by atoms with van der Waals surface area (Å²) in [4.78, 5) is 11.8. The highest BCUT2D eigenvalue weighted by molar-refractivity contribution is 5.81. The third kappa shape index (κ3) is 13.2. The summed E-state index contributed by atoms with van der Waals surface area (Å²) in [6, 6.07) is 8.02. The monoisotopic (exact) mass is 426 g/mol. The average Bonchev–Trinajstić information content (AvgIpc) is 2.80. The number of rotatable bonds is 20. The second-order valence-electron chi connectivity index (χ2n) is 8.70. The van der Waals surface area contributed by atoms with Gasteiger partial charge in [-0.3, -0.25) is 0 Å². The van der Waals surface area contributed by atoms with Crippen molar-refractivity contribution in [2.24, 2.45) is 0 Å². The van der Waals surface area contributed by atoms with Gasteiger partial charge in [0.25, 0.3) is 0 Å². The van der Waals surface area contributed by atoms with Crippen molar-refractivity contribution in [3.63, 3.8) is 0 Å². The average molecular weight is 427 g/mol. The van der Waals surface area contributed by atoms with Gasteiger partial charge in [-0.25, -0.2) is 4.79 Å². The summed E-state index contributed by atoms with van der Waals surface area (Å²) in [5.74, 6) is -0.357. The zero-order valence-corrected chi connectivity index (χ0v) is 20.1. The predicted octanol–water partition coefficient (Wildman–Crippen LogP) is 9.36. The van der Waals surface area contributed by atoms with E-state index in [0.717, 1.165) is 24.0 Å². The summed E-state index contributed by atoms with van der Waals surface area (Å²) < 4.78 is 5.64. The molecular weight excluding hydrogens is 380 g/mol. The minimum atomic E-state index is -0.357. The van der Waals surface area contributed by atoms with Crippen LogP contribution in [0, 0.1) is 0 Å². The van der Waals surface area contributed by atoms with Gasteiger partial charge in [-0.15, -0.1) is 0 Å². The number of benzene rings is 1. The van der Waals surface area contributed by atoms with E-state index in [9.17, 15) is 4.79 Å². The first kappa shape index (κ1) is 27.2. The molecule has 0 saturated heterocycles. The van der Waals surface area contributed by atoms with Gasteiger partial charge in [-0.2, -0.15) is 0 Å². The second kappa shape index (κ2) is 18.9. The van der Waals surface area contributed by atoms with E-state index in [1.54, 1.807) is 0 Å². The van der Waals surface area contributed by atoms with Crippen LogP contribution < -0.4 is 0 Å². The fourth-order valence-electron chi connectivity index (χ4n) is 4.16. The largest absolute Gasteiger partial charge is 0.454 e. The molecule has 0 aromatic heterocycles. The Bertz CT molecular complexity index is 605. The van der Waals surface area contributed by atoms with Crippen LogP contribution in [0.25, 0.3) is 6.08 Å². The van der Waals surface area contributed by atoms with Gasteiger partial charge in [0.05, 0.1) is 0 Å². The van der Waals surface area contributed by atoms with Crippen LogP contribution >= 0.6 is 0 Å². The molecule has 2 nitrogen and oxygen atoms in total. The molecule has 1 aromatic carbocycles. The smallest absolute Gasteiger partial charge is 0.330 e. The van der Waals surface area contributed by atoms with E-state index in [0.29, 0.717) is 0 Å². The maximum absolute atomic E-state index is 11.8. The van der Waals surface area contributed by atoms with E-state index < -0.39 is 0 Å². The Labute approximate surface area is 192 Å². The number of unbranched alkanes of at least 4 members (excludes halogenated alkanes) is 14. The normalized spacial score (nSPS) is 11.8. The summed E-state index contributed by atoms with van der Waals surface area (Å²) >= 11 is 0. The molecule has 31 heavy (non-hydrogen) atoms. The molecule has 0 spiro atoms. The third-order valence-electron chi connectivity index (χ3n) is 6.06. The van der Waals surface area contributed by atoms with Crippen LogP contribution in [0.3, 0.4) is 0 Å². The summed E-state index contributed by atoms with van der Waals surface area (Å²) in [5.41, 5.74) is 2.07. The lowest BCUT2D eigenvalue weighted by molar-refractivity contribution is -0.143. The van der Waals surface area contributed by atoms with Gasteiger partial charge in [0, 0.05) is 6.08 Å². The number of hydrogen-bond donors (Lipinski definition) is 0. The molecule has 0 fully saturated rings. The van der Waals surface area contributed by atoms with Gasteiger partial charge in [-0.05, 0) is 24.0 Å². The molecule has 0 bridgehead atoms. The molecule has 1 aromatic rings. The Morgan fingerprint density at radius 2 is 1.29 bits per heavy atom. The highest BCUT2D eigenvalue weighted by Gasteiger charge is 2.17. The molecule has 0 aliphatic heterocycles. The topological polar surface area (TPSA) is 26.3 Å². The Morgan fingerprint density at radius 3 is 1.77 bits per heavy atom. The molecule has 2 heteroatoms. The molecular formula is C29H46O2. The highest BCUT2D eigenvalue weighted by Crippen LogP contribution is 2.28. The molecule has 0 N–H and O–H groups in total. The minimum absolute atomic E-state index is 0.221. The van der Waals surface area contributed by atoms with Crippen molar-refractivity contribution in [2.75, 3.05) is 0 Å². The Morgan fingerprint density at radius 1 is 0.806 bits per heavy atom. The molecule has 0 radical (unpaired) electrons. The number of carbonyl (C=O) groups is 1. The van der Waals surface area contributed by atoms with Crippen molar-refractivity contribution < 1.29 is 9.53 Å². The van der Waals surface area contributed by atoms with Crippen molar-refractivity contribution in [1.29, 1.82) is 0 Å². The van der Waals surface area contributed by atoms with Crippen LogP contribution in [-0.4, -0.2) is 5.97 Å². The maximum Gasteiger partial charge on any atom is 0.330 e. The lowest BCUT2D eigenvalue weighted by Gasteiger charge is -2.19. The molecule has 0 aliphatic rings. The summed E-state index contributed by atoms with van der Waals surface area (Å²) in [7, 11) is 0. The van der Waals surface area contributed by atoms with Crippen LogP contribution in [0.15, 0.2) is 43.5 Å². The quantitative estimate of drug-likeness (QED) is 0.118. The molecule has 1 rings (SSSR count). The van der Waals surface area contributed by atoms with E-state index >= 15 is 0 Å². The van der Waals surface area contributed by atoms with Crippen LogP contribution in [0.5, 0.6) is 0 Å². The van der Waals surface area contributed by atoms with Crippen molar-refractivity contribution in [3.8, 4) is 0 Å². The van der Waals surface area contributed by atoms with Gasteiger partial charge >= 0.3 is 5.97 Å². The summed E-state index contributed by atoms with van der Waals surface area (Å²) in [6.45, 7) is 9.70. The molecule has 0 saturated carbocycles. The standard InChI is InChI=1S/C29H46O2/c1-4-7-8-9-10-11-12-13-14-15-16-17-18-19-20-25-28(31-29(30)6-3)27-24-22-21-23-26(27)5-2/h5-6,21-24,28H,2-4,7-20,25H2,1H3. The Hall–Kier alpha value is -1.83. The van der Waals surface area contributed by atoms with Crippen LogP contribution in [0.2, 0.25) is 0 Å². The first-order chi connectivity index (χ1) is 15.2. The van der Waals surface area contributed by atoms with Crippen LogP contribution in [0.1, 0.15) is 127 Å². The highest BCUT2D eigenvalue weighted by atomic mass is 16.5. The second-order valence-corrected chi connectivity index (χ2v) is 8.70. The molecule has 1 atom stereocenters. The van der Waals surface area contributed by atoms with Gasteiger partial charge in [0.1, 0.15) is 6.10 Å². The fraction of sp³-hybridized carbons (Fsp3) is 0.621. The number of hydrogen-bond acceptors (Lipinski definition) is 2. The van der Waals surface area contributed by atoms with Gasteiger partial charge in [0.2, 0.25) is 0 Å². The van der Waals surface area contributed by atoms with Crippen molar-refractivity contribution in [2.45, 2.75) is 116 Å². The lowest BCUT2D eigenvalue weighted by atomic mass is 9.97. The zero-order valence-electron chi connectivity index (χ0n) is 20.1. The molecule has 0 heterocycles. The SMILES string of the molecule is C=CC(=O)OC(CCCCCCCCCCCCCCCCC)c1ccccc1C=C. The van der Waals surface area contributed by atoms with E-state index in [-0.39, 0.29) is 12.1 Å². The van der Waals surface area contributed by atoms with Crippen molar-refractivity contribution in [1.82, 2.24) is 0 Å². The molecule has 1 unspecified atom stereocenters. The van der Waals surface area contributed by atoms with E-state index in [1.165, 1.54) is 96.0 Å². The maximum atomic E-state index is 11.8. The van der Waals surface area contributed by atoms with Gasteiger partial charge in [0.15, 0.2) is 0 Å². The summed E-state index contributed by atoms with van der Waals surface area (Å²) in [5, 5.41) is 0. The van der Waals surface area contributed by atoms with E-state index in [4.69, 9.17) is 4.74 Å². The molecule has 174 valence electrons. The first-order valence-corrected chi connectivity index (χ1v) is 12.8. The third-order valence-corrected chi connectivity index (χ3v) is 6.06. The van der Waals surface area contributed by atoms with Crippen molar-refractivity contribution >= 4 is 12.0 Å². The zero-order chi connectivity index (χ0) is 22.6. The van der Waals surface area contributed by atoms with Crippen LogP contribution in [-0.2, 0) is 9.53 Å². The summed E-state index contributed by atoms with van der Waals surface area (Å²) in [6.07, 6.45) is 24.0. The number of carbonyl (C=O) groups excluding carboxylic acids is 1. The fourth-order valence-corrected chi connectivity index (χ4v) is 4.16. The van der Waals surface area contributed by atoms with Gasteiger partial charge in [-0.1, -0.05) is 140 Å². The molecule has 0 aliphatic carbocycles. The predicted molar refractivity (Wildman–Crippen MR) is 135 cm³/mol. The number of ether oxygens (including phenoxy) is 1. The molecule has 0 amide bonds. The number of esters is 1.